The van der Waals surface area contributed by atoms with Crippen molar-refractivity contribution in [3.8, 4) is 0 Å². The van der Waals surface area contributed by atoms with Gasteiger partial charge in [-0.15, -0.1) is 0 Å². The summed E-state index contributed by atoms with van der Waals surface area (Å²) in [7, 11) is 1.67. The number of rotatable bonds is 10. The van der Waals surface area contributed by atoms with Crippen molar-refractivity contribution >= 4 is 11.8 Å². The molecule has 6 heteroatoms. The number of likely N-dealkylation sites (tertiary alicyclic amines) is 1. The Morgan fingerprint density at radius 1 is 1.21 bits per heavy atom. The van der Waals surface area contributed by atoms with Crippen molar-refractivity contribution in [3.05, 3.63) is 35.9 Å². The molecule has 1 fully saturated rings. The molecule has 2 amide bonds. The maximum absolute atomic E-state index is 12.9. The number of ether oxygens (including phenoxy) is 1. The van der Waals surface area contributed by atoms with Crippen LogP contribution in [0, 0.1) is 5.92 Å². The van der Waals surface area contributed by atoms with Gasteiger partial charge < -0.3 is 15.0 Å². The van der Waals surface area contributed by atoms with Gasteiger partial charge >= 0.3 is 0 Å². The molecule has 1 aromatic rings. The lowest BCUT2D eigenvalue weighted by Gasteiger charge is -2.34. The first-order valence-electron chi connectivity index (χ1n) is 10.3. The third kappa shape index (κ3) is 7.24. The monoisotopic (exact) mass is 389 g/mol. The Morgan fingerprint density at radius 2 is 1.89 bits per heavy atom. The molecular weight excluding hydrogens is 354 g/mol. The smallest absolute Gasteiger partial charge is 0.237 e. The highest BCUT2D eigenvalue weighted by molar-refractivity contribution is 5.79. The van der Waals surface area contributed by atoms with Crippen LogP contribution in [0.3, 0.4) is 0 Å². The predicted octanol–water partition coefficient (Wildman–Crippen LogP) is 2.29. The lowest BCUT2D eigenvalue weighted by Crippen LogP contribution is -2.47. The summed E-state index contributed by atoms with van der Waals surface area (Å²) < 4.78 is 5.00. The number of methoxy groups -OCH3 is 1. The molecule has 1 aliphatic heterocycles. The number of nitrogens with one attached hydrogen (secondary N) is 1. The highest BCUT2D eigenvalue weighted by atomic mass is 16.5. The molecule has 1 aromatic carbocycles. The molecule has 0 saturated carbocycles. The highest BCUT2D eigenvalue weighted by Crippen LogP contribution is 2.18. The van der Waals surface area contributed by atoms with Gasteiger partial charge in [0.05, 0.1) is 6.54 Å². The Balaban J connectivity index is 1.77. The zero-order chi connectivity index (χ0) is 20.4. The van der Waals surface area contributed by atoms with Gasteiger partial charge in [-0.1, -0.05) is 30.3 Å². The second kappa shape index (κ2) is 11.8. The van der Waals surface area contributed by atoms with Gasteiger partial charge in [0.1, 0.15) is 0 Å². The third-order valence-corrected chi connectivity index (χ3v) is 5.28. The first-order chi connectivity index (χ1) is 13.5. The SMILES string of the molecule is COCCCNC(=O)C1CCN(CC(=O)N(Cc2ccccc2)C(C)C)CC1. The lowest BCUT2D eigenvalue weighted by atomic mass is 9.96. The van der Waals surface area contributed by atoms with Gasteiger partial charge in [0.15, 0.2) is 0 Å². The predicted molar refractivity (Wildman–Crippen MR) is 111 cm³/mol. The second-order valence-corrected chi connectivity index (χ2v) is 7.79. The number of carbonyl (C=O) groups is 2. The zero-order valence-electron chi connectivity index (χ0n) is 17.5. The number of amides is 2. The van der Waals surface area contributed by atoms with E-state index in [1.807, 2.05) is 23.1 Å². The van der Waals surface area contributed by atoms with Crippen molar-refractivity contribution in [2.45, 2.75) is 45.7 Å². The van der Waals surface area contributed by atoms with Crippen LogP contribution in [0.25, 0.3) is 0 Å². The minimum Gasteiger partial charge on any atom is -0.385 e. The number of piperidine rings is 1. The van der Waals surface area contributed by atoms with E-state index in [4.69, 9.17) is 4.74 Å². The van der Waals surface area contributed by atoms with Crippen LogP contribution >= 0.6 is 0 Å². The van der Waals surface area contributed by atoms with E-state index in [1.165, 1.54) is 0 Å². The van der Waals surface area contributed by atoms with E-state index in [2.05, 4.69) is 36.2 Å². The number of hydrogen-bond donors (Lipinski definition) is 1. The van der Waals surface area contributed by atoms with Crippen molar-refractivity contribution in [2.24, 2.45) is 5.92 Å². The van der Waals surface area contributed by atoms with Crippen LogP contribution < -0.4 is 5.32 Å². The van der Waals surface area contributed by atoms with E-state index >= 15 is 0 Å². The largest absolute Gasteiger partial charge is 0.385 e. The van der Waals surface area contributed by atoms with E-state index in [9.17, 15) is 9.59 Å². The molecule has 2 rings (SSSR count). The summed E-state index contributed by atoms with van der Waals surface area (Å²) >= 11 is 0. The van der Waals surface area contributed by atoms with E-state index in [0.717, 1.165) is 37.9 Å². The molecule has 1 saturated heterocycles. The van der Waals surface area contributed by atoms with E-state index in [0.29, 0.717) is 26.2 Å². The van der Waals surface area contributed by atoms with E-state index in [1.54, 1.807) is 7.11 Å². The molecule has 0 bridgehead atoms. The molecule has 6 nitrogen and oxygen atoms in total. The quantitative estimate of drug-likeness (QED) is 0.624. The first-order valence-corrected chi connectivity index (χ1v) is 10.3. The van der Waals surface area contributed by atoms with Gasteiger partial charge in [-0.25, -0.2) is 0 Å². The van der Waals surface area contributed by atoms with E-state index < -0.39 is 0 Å². The fourth-order valence-corrected chi connectivity index (χ4v) is 3.55. The molecule has 28 heavy (non-hydrogen) atoms. The van der Waals surface area contributed by atoms with Crippen LogP contribution in [0.2, 0.25) is 0 Å². The molecule has 1 heterocycles. The minimum atomic E-state index is 0.0550. The Kier molecular flexibility index (Phi) is 9.44. The zero-order valence-corrected chi connectivity index (χ0v) is 17.5. The molecular formula is C22H35N3O3. The summed E-state index contributed by atoms with van der Waals surface area (Å²) in [6.07, 6.45) is 2.45. The summed E-state index contributed by atoms with van der Waals surface area (Å²) in [6.45, 7) is 8.08. The molecule has 0 aromatic heterocycles. The number of benzene rings is 1. The van der Waals surface area contributed by atoms with Crippen LogP contribution in [0.5, 0.6) is 0 Å². The Bertz CT molecular complexity index is 598. The summed E-state index contributed by atoms with van der Waals surface area (Å²) in [4.78, 5) is 29.2. The number of carbonyl (C=O) groups excluding carboxylic acids is 2. The minimum absolute atomic E-state index is 0.0550. The lowest BCUT2D eigenvalue weighted by molar-refractivity contribution is -0.135. The van der Waals surface area contributed by atoms with Crippen molar-refractivity contribution in [1.82, 2.24) is 15.1 Å². The van der Waals surface area contributed by atoms with Gasteiger partial charge in [-0.3, -0.25) is 14.5 Å². The van der Waals surface area contributed by atoms with Gasteiger partial charge in [-0.05, 0) is 51.8 Å². The second-order valence-electron chi connectivity index (χ2n) is 7.79. The number of hydrogen-bond acceptors (Lipinski definition) is 4. The van der Waals surface area contributed by atoms with Gasteiger partial charge in [0, 0.05) is 38.8 Å². The summed E-state index contributed by atoms with van der Waals surface area (Å²) in [5, 5.41) is 2.99. The summed E-state index contributed by atoms with van der Waals surface area (Å²) in [5.41, 5.74) is 1.15. The average molecular weight is 390 g/mol. The molecule has 1 N–H and O–H groups in total. The molecule has 1 aliphatic rings. The Morgan fingerprint density at radius 3 is 2.50 bits per heavy atom. The van der Waals surface area contributed by atoms with Crippen LogP contribution in [0.4, 0.5) is 0 Å². The van der Waals surface area contributed by atoms with E-state index in [-0.39, 0.29) is 23.8 Å². The van der Waals surface area contributed by atoms with Crippen LogP contribution in [0.1, 0.15) is 38.7 Å². The Labute approximate surface area is 169 Å². The molecule has 0 radical (unpaired) electrons. The third-order valence-electron chi connectivity index (χ3n) is 5.28. The first kappa shape index (κ1) is 22.4. The van der Waals surface area contributed by atoms with Crippen molar-refractivity contribution in [1.29, 1.82) is 0 Å². The van der Waals surface area contributed by atoms with Crippen LogP contribution in [-0.2, 0) is 20.9 Å². The normalized spacial score (nSPS) is 15.6. The molecule has 0 unspecified atom stereocenters. The van der Waals surface area contributed by atoms with Crippen molar-refractivity contribution < 1.29 is 14.3 Å². The standard InChI is InChI=1S/C22H35N3O3/c1-18(2)25(16-19-8-5-4-6-9-19)21(26)17-24-13-10-20(11-14-24)22(27)23-12-7-15-28-3/h4-6,8-9,18,20H,7,10-17H2,1-3H3,(H,23,27). The van der Waals surface area contributed by atoms with Gasteiger partial charge in [-0.2, -0.15) is 0 Å². The molecule has 0 aliphatic carbocycles. The van der Waals surface area contributed by atoms with Gasteiger partial charge in [0.25, 0.3) is 0 Å². The summed E-state index contributed by atoms with van der Waals surface area (Å²) in [6, 6.07) is 10.3. The maximum atomic E-state index is 12.9. The average Bonchev–Trinajstić information content (AvgIpc) is 2.70. The highest BCUT2D eigenvalue weighted by Gasteiger charge is 2.27. The molecule has 0 spiro atoms. The van der Waals surface area contributed by atoms with Crippen LogP contribution in [-0.4, -0.2) is 67.6 Å². The fraction of sp³-hybridized carbons (Fsp3) is 0.636. The topological polar surface area (TPSA) is 61.9 Å². The molecule has 156 valence electrons. The Hall–Kier alpha value is -1.92. The maximum Gasteiger partial charge on any atom is 0.237 e. The van der Waals surface area contributed by atoms with Gasteiger partial charge in [0.2, 0.25) is 11.8 Å². The summed E-state index contributed by atoms with van der Waals surface area (Å²) in [5.74, 6) is 0.343. The number of nitrogens with zero attached hydrogens (tertiary/aromatic N) is 2. The van der Waals surface area contributed by atoms with Crippen LogP contribution in [0.15, 0.2) is 30.3 Å². The van der Waals surface area contributed by atoms with Crippen molar-refractivity contribution in [2.75, 3.05) is 39.9 Å². The molecule has 0 atom stereocenters. The van der Waals surface area contributed by atoms with Crippen molar-refractivity contribution in [3.63, 3.8) is 0 Å². The fourth-order valence-electron chi connectivity index (χ4n) is 3.55.